The fourth-order valence-electron chi connectivity index (χ4n) is 2.18. The number of fused-ring (bicyclic) bond motifs is 1. The van der Waals surface area contributed by atoms with Crippen molar-refractivity contribution in [2.75, 3.05) is 6.54 Å². The lowest BCUT2D eigenvalue weighted by Gasteiger charge is -2.13. The first-order chi connectivity index (χ1) is 9.70. The molecule has 0 aliphatic carbocycles. The van der Waals surface area contributed by atoms with Crippen molar-refractivity contribution in [2.45, 2.75) is 6.54 Å². The van der Waals surface area contributed by atoms with Gasteiger partial charge in [-0.25, -0.2) is 4.98 Å². The summed E-state index contributed by atoms with van der Waals surface area (Å²) in [4.78, 5) is 18.7. The van der Waals surface area contributed by atoms with Gasteiger partial charge in [0.05, 0.1) is 21.4 Å². The molecule has 7 heteroatoms. The molecule has 0 fully saturated rings. The van der Waals surface area contributed by atoms with Crippen molar-refractivity contribution in [3.8, 4) is 11.3 Å². The zero-order valence-corrected chi connectivity index (χ0v) is 12.1. The lowest BCUT2D eigenvalue weighted by molar-refractivity contribution is 0.681. The van der Waals surface area contributed by atoms with E-state index >= 15 is 0 Å². The van der Waals surface area contributed by atoms with Gasteiger partial charge < -0.3 is 10.3 Å². The molecule has 0 aliphatic rings. The maximum atomic E-state index is 11.7. The van der Waals surface area contributed by atoms with E-state index in [1.807, 2.05) is 22.8 Å². The third-order valence-electron chi connectivity index (χ3n) is 3.02. The minimum Gasteiger partial charge on any atom is -0.329 e. The zero-order chi connectivity index (χ0) is 14.1. The van der Waals surface area contributed by atoms with Gasteiger partial charge in [0.1, 0.15) is 0 Å². The number of nitrogens with zero attached hydrogens (tertiary/aromatic N) is 2. The Morgan fingerprint density at radius 3 is 3.10 bits per heavy atom. The Balaban J connectivity index is 2.36. The highest BCUT2D eigenvalue weighted by Gasteiger charge is 2.11. The van der Waals surface area contributed by atoms with Gasteiger partial charge in [-0.05, 0) is 18.3 Å². The van der Waals surface area contributed by atoms with Gasteiger partial charge in [0, 0.05) is 24.7 Å². The van der Waals surface area contributed by atoms with E-state index in [2.05, 4.69) is 9.97 Å². The molecule has 0 radical (unpaired) electrons. The number of aromatic amines is 1. The molecule has 0 atom stereocenters. The van der Waals surface area contributed by atoms with Crippen LogP contribution in [0.25, 0.3) is 21.5 Å². The molecule has 2 aromatic heterocycles. The second-order valence-electron chi connectivity index (χ2n) is 4.27. The second-order valence-corrected chi connectivity index (χ2v) is 5.51. The topological polar surface area (TPSA) is 76.7 Å². The normalized spacial score (nSPS) is 11.1. The average Bonchev–Trinajstić information content (AvgIpc) is 2.90. The van der Waals surface area contributed by atoms with Crippen LogP contribution < -0.4 is 11.3 Å². The van der Waals surface area contributed by atoms with Crippen LogP contribution in [0, 0.1) is 4.77 Å². The fraction of sp³-hybridized carbons (Fsp3) is 0.154. The molecule has 3 rings (SSSR count). The molecule has 1 aromatic carbocycles. The Kier molecular flexibility index (Phi) is 3.47. The number of nitrogens with one attached hydrogen (secondary N) is 1. The number of H-pyrrole nitrogens is 1. The first-order valence-electron chi connectivity index (χ1n) is 6.07. The molecule has 20 heavy (non-hydrogen) atoms. The Labute approximate surface area is 123 Å². The minimum absolute atomic E-state index is 0.209. The van der Waals surface area contributed by atoms with Gasteiger partial charge in [-0.2, -0.15) is 0 Å². The Morgan fingerprint density at radius 2 is 2.30 bits per heavy atom. The van der Waals surface area contributed by atoms with E-state index in [0.29, 0.717) is 17.9 Å². The fourth-order valence-corrected chi connectivity index (χ4v) is 3.29. The van der Waals surface area contributed by atoms with Crippen molar-refractivity contribution >= 4 is 33.8 Å². The molecule has 0 amide bonds. The zero-order valence-electron chi connectivity index (χ0n) is 10.5. The maximum absolute atomic E-state index is 11.7. The van der Waals surface area contributed by atoms with Crippen LogP contribution in [0.5, 0.6) is 0 Å². The van der Waals surface area contributed by atoms with E-state index in [-0.39, 0.29) is 5.56 Å². The van der Waals surface area contributed by atoms with Gasteiger partial charge in [-0.3, -0.25) is 9.78 Å². The van der Waals surface area contributed by atoms with Crippen molar-refractivity contribution in [3.05, 3.63) is 44.9 Å². The van der Waals surface area contributed by atoms with E-state index in [9.17, 15) is 4.79 Å². The Morgan fingerprint density at radius 1 is 1.45 bits per heavy atom. The second kappa shape index (κ2) is 5.28. The molecular weight excluding hydrogens is 292 g/mol. The molecule has 0 aliphatic heterocycles. The summed E-state index contributed by atoms with van der Waals surface area (Å²) >= 11 is 6.78. The number of benzene rings is 1. The van der Waals surface area contributed by atoms with Crippen molar-refractivity contribution in [2.24, 2.45) is 5.73 Å². The van der Waals surface area contributed by atoms with Gasteiger partial charge in [-0.15, -0.1) is 11.3 Å². The van der Waals surface area contributed by atoms with E-state index in [1.54, 1.807) is 22.9 Å². The molecule has 3 N–H and O–H groups in total. The van der Waals surface area contributed by atoms with E-state index in [4.69, 9.17) is 18.0 Å². The first kappa shape index (κ1) is 13.2. The van der Waals surface area contributed by atoms with Gasteiger partial charge >= 0.3 is 0 Å². The average molecular weight is 304 g/mol. The van der Waals surface area contributed by atoms with Crippen LogP contribution in [0.2, 0.25) is 0 Å². The predicted molar refractivity (Wildman–Crippen MR) is 83.6 cm³/mol. The van der Waals surface area contributed by atoms with Crippen molar-refractivity contribution in [1.29, 1.82) is 0 Å². The summed E-state index contributed by atoms with van der Waals surface area (Å²) in [5.41, 5.74) is 9.87. The molecule has 0 saturated carbocycles. The van der Waals surface area contributed by atoms with Crippen LogP contribution in [0.1, 0.15) is 0 Å². The molecule has 0 spiro atoms. The highest BCUT2D eigenvalue weighted by atomic mass is 32.1. The van der Waals surface area contributed by atoms with Crippen molar-refractivity contribution < 1.29 is 0 Å². The largest absolute Gasteiger partial charge is 0.329 e. The standard InChI is InChI=1S/C13H12N4OS2/c14-4-5-17-10(6-11(18)16-13(17)19)8-2-1-3-9-12(8)20-7-15-9/h1-3,6-7H,4-5,14H2,(H,16,18,19). The lowest BCUT2D eigenvalue weighted by Crippen LogP contribution is -2.18. The van der Waals surface area contributed by atoms with Gasteiger partial charge in [0.25, 0.3) is 5.56 Å². The SMILES string of the molecule is NCCn1c(-c2cccc3ncsc23)cc(=O)[nH]c1=S. The quantitative estimate of drug-likeness (QED) is 0.727. The highest BCUT2D eigenvalue weighted by Crippen LogP contribution is 2.30. The lowest BCUT2D eigenvalue weighted by atomic mass is 10.1. The number of nitrogens with two attached hydrogens (primary N) is 1. The number of aromatic nitrogens is 3. The van der Waals surface area contributed by atoms with Gasteiger partial charge in [-0.1, -0.05) is 12.1 Å². The smallest absolute Gasteiger partial charge is 0.252 e. The van der Waals surface area contributed by atoms with Crippen LogP contribution in [0.4, 0.5) is 0 Å². The number of hydrogen-bond acceptors (Lipinski definition) is 5. The van der Waals surface area contributed by atoms with Crippen LogP contribution in [0.3, 0.4) is 0 Å². The van der Waals surface area contributed by atoms with Crippen molar-refractivity contribution in [3.63, 3.8) is 0 Å². The van der Waals surface area contributed by atoms with Gasteiger partial charge in [0.15, 0.2) is 4.77 Å². The maximum Gasteiger partial charge on any atom is 0.252 e. The molecular formula is C13H12N4OS2. The van der Waals surface area contributed by atoms with Crippen molar-refractivity contribution in [1.82, 2.24) is 14.5 Å². The van der Waals surface area contributed by atoms with Crippen LogP contribution in [-0.4, -0.2) is 21.1 Å². The molecule has 0 saturated heterocycles. The Bertz CT molecular complexity index is 878. The van der Waals surface area contributed by atoms with E-state index < -0.39 is 0 Å². The monoisotopic (exact) mass is 304 g/mol. The van der Waals surface area contributed by atoms with Crippen LogP contribution >= 0.6 is 23.6 Å². The molecule has 5 nitrogen and oxygen atoms in total. The first-order valence-corrected chi connectivity index (χ1v) is 7.36. The summed E-state index contributed by atoms with van der Waals surface area (Å²) in [6.07, 6.45) is 0. The number of rotatable bonds is 3. The highest BCUT2D eigenvalue weighted by molar-refractivity contribution is 7.71. The Hall–Kier alpha value is -1.83. The van der Waals surface area contributed by atoms with Crippen LogP contribution in [0.15, 0.2) is 34.6 Å². The minimum atomic E-state index is -0.209. The summed E-state index contributed by atoms with van der Waals surface area (Å²) in [6, 6.07) is 7.40. The van der Waals surface area contributed by atoms with Crippen LogP contribution in [-0.2, 0) is 6.54 Å². The van der Waals surface area contributed by atoms with Gasteiger partial charge in [0.2, 0.25) is 0 Å². The molecule has 3 aromatic rings. The molecule has 0 bridgehead atoms. The predicted octanol–water partition coefficient (Wildman–Crippen LogP) is 2.14. The number of hydrogen-bond donors (Lipinski definition) is 2. The summed E-state index contributed by atoms with van der Waals surface area (Å²) in [7, 11) is 0. The number of thiazole rings is 1. The molecule has 0 unspecified atom stereocenters. The van der Waals surface area contributed by atoms with E-state index in [0.717, 1.165) is 21.5 Å². The summed E-state index contributed by atoms with van der Waals surface area (Å²) < 4.78 is 3.28. The molecule has 2 heterocycles. The summed E-state index contributed by atoms with van der Waals surface area (Å²) in [6.45, 7) is 1.01. The molecule has 102 valence electrons. The summed E-state index contributed by atoms with van der Waals surface area (Å²) in [5.74, 6) is 0. The third-order valence-corrected chi connectivity index (χ3v) is 4.22. The third kappa shape index (κ3) is 2.20. The van der Waals surface area contributed by atoms with E-state index in [1.165, 1.54) is 0 Å². The summed E-state index contributed by atoms with van der Waals surface area (Å²) in [5, 5.41) is 0.